The van der Waals surface area contributed by atoms with Crippen LogP contribution in [0, 0.1) is 5.92 Å². The largest absolute Gasteiger partial charge is 0.354 e. The standard InChI is InChI=1S/C25H39N3O3/c1-18(2)22(27-23(30)19-11-13-20(14-12-19)25(3,4)5)24(31)26-15-9-17-28-16-8-6-7-10-21(28)29/h11-14,18,22H,6-10,15-17H2,1-5H3,(H,26,31)(H,27,30). The number of carbonyl (C=O) groups is 3. The molecule has 1 unspecified atom stereocenters. The molecular weight excluding hydrogens is 390 g/mol. The first-order valence-corrected chi connectivity index (χ1v) is 11.6. The summed E-state index contributed by atoms with van der Waals surface area (Å²) >= 11 is 0. The second kappa shape index (κ2) is 11.3. The normalized spacial score (nSPS) is 16.1. The Balaban J connectivity index is 1.85. The minimum Gasteiger partial charge on any atom is -0.354 e. The molecule has 0 saturated carbocycles. The number of rotatable bonds is 8. The smallest absolute Gasteiger partial charge is 0.251 e. The Bertz CT molecular complexity index is 750. The Kier molecular flexibility index (Phi) is 9.08. The molecular formula is C25H39N3O3. The number of nitrogens with one attached hydrogen (secondary N) is 2. The molecule has 6 nitrogen and oxygen atoms in total. The van der Waals surface area contributed by atoms with Gasteiger partial charge in [-0.05, 0) is 48.3 Å². The zero-order valence-electron chi connectivity index (χ0n) is 19.8. The molecule has 31 heavy (non-hydrogen) atoms. The Morgan fingerprint density at radius 2 is 1.74 bits per heavy atom. The fraction of sp³-hybridized carbons (Fsp3) is 0.640. The minimum atomic E-state index is -0.602. The van der Waals surface area contributed by atoms with E-state index in [1.54, 1.807) is 0 Å². The number of likely N-dealkylation sites (tertiary alicyclic amines) is 1. The lowest BCUT2D eigenvalue weighted by molar-refractivity contribution is -0.130. The van der Waals surface area contributed by atoms with E-state index in [0.29, 0.717) is 31.5 Å². The van der Waals surface area contributed by atoms with Crippen LogP contribution in [0.1, 0.15) is 82.6 Å². The fourth-order valence-corrected chi connectivity index (χ4v) is 3.75. The van der Waals surface area contributed by atoms with E-state index >= 15 is 0 Å². The van der Waals surface area contributed by atoms with Crippen molar-refractivity contribution >= 4 is 17.7 Å². The molecule has 2 N–H and O–H groups in total. The van der Waals surface area contributed by atoms with Gasteiger partial charge in [0.2, 0.25) is 11.8 Å². The topological polar surface area (TPSA) is 78.5 Å². The van der Waals surface area contributed by atoms with E-state index in [1.807, 2.05) is 43.0 Å². The van der Waals surface area contributed by atoms with Crippen molar-refractivity contribution in [3.63, 3.8) is 0 Å². The van der Waals surface area contributed by atoms with E-state index in [4.69, 9.17) is 0 Å². The van der Waals surface area contributed by atoms with Crippen LogP contribution >= 0.6 is 0 Å². The summed E-state index contributed by atoms with van der Waals surface area (Å²) in [4.78, 5) is 39.4. The van der Waals surface area contributed by atoms with Crippen molar-refractivity contribution < 1.29 is 14.4 Å². The van der Waals surface area contributed by atoms with E-state index in [9.17, 15) is 14.4 Å². The average molecular weight is 430 g/mol. The second-order valence-electron chi connectivity index (χ2n) is 9.86. The maximum atomic E-state index is 12.7. The molecule has 2 rings (SSSR count). The Labute approximate surface area is 187 Å². The molecule has 6 heteroatoms. The van der Waals surface area contributed by atoms with Gasteiger partial charge in [0.1, 0.15) is 6.04 Å². The van der Waals surface area contributed by atoms with E-state index in [0.717, 1.165) is 31.4 Å². The summed E-state index contributed by atoms with van der Waals surface area (Å²) < 4.78 is 0. The molecule has 1 aliphatic rings. The van der Waals surface area contributed by atoms with Crippen LogP contribution in [0.3, 0.4) is 0 Å². The summed E-state index contributed by atoms with van der Waals surface area (Å²) in [5, 5.41) is 5.81. The van der Waals surface area contributed by atoms with Crippen molar-refractivity contribution in [2.45, 2.75) is 78.2 Å². The van der Waals surface area contributed by atoms with E-state index in [-0.39, 0.29) is 29.1 Å². The van der Waals surface area contributed by atoms with Crippen LogP contribution in [0.15, 0.2) is 24.3 Å². The number of carbonyl (C=O) groups excluding carboxylic acids is 3. The van der Waals surface area contributed by atoms with Crippen LogP contribution in [-0.2, 0) is 15.0 Å². The van der Waals surface area contributed by atoms with Gasteiger partial charge in [0.05, 0.1) is 0 Å². The van der Waals surface area contributed by atoms with Crippen molar-refractivity contribution in [2.24, 2.45) is 5.92 Å². The Morgan fingerprint density at radius 1 is 1.06 bits per heavy atom. The summed E-state index contributed by atoms with van der Waals surface area (Å²) in [6.45, 7) is 12.2. The molecule has 1 aromatic carbocycles. The van der Waals surface area contributed by atoms with E-state index in [2.05, 4.69) is 31.4 Å². The summed E-state index contributed by atoms with van der Waals surface area (Å²) in [6, 6.07) is 6.94. The SMILES string of the molecule is CC(C)C(NC(=O)c1ccc(C(C)(C)C)cc1)C(=O)NCCCN1CCCCCC1=O. The monoisotopic (exact) mass is 429 g/mol. The number of amides is 3. The third kappa shape index (κ3) is 7.67. The third-order valence-electron chi connectivity index (χ3n) is 5.82. The van der Waals surface area contributed by atoms with E-state index in [1.165, 1.54) is 0 Å². The average Bonchev–Trinajstić information content (AvgIpc) is 2.92. The van der Waals surface area contributed by atoms with Gasteiger partial charge in [-0.3, -0.25) is 14.4 Å². The maximum Gasteiger partial charge on any atom is 0.251 e. The van der Waals surface area contributed by atoms with Crippen molar-refractivity contribution in [3.05, 3.63) is 35.4 Å². The van der Waals surface area contributed by atoms with Gasteiger partial charge in [0.25, 0.3) is 5.91 Å². The third-order valence-corrected chi connectivity index (χ3v) is 5.82. The van der Waals surface area contributed by atoms with Crippen LogP contribution in [0.4, 0.5) is 0 Å². The highest BCUT2D eigenvalue weighted by Gasteiger charge is 2.25. The zero-order valence-corrected chi connectivity index (χ0v) is 19.8. The molecule has 0 bridgehead atoms. The molecule has 172 valence electrons. The molecule has 1 fully saturated rings. The summed E-state index contributed by atoms with van der Waals surface area (Å²) in [5.74, 6) is -0.250. The maximum absolute atomic E-state index is 12.7. The highest BCUT2D eigenvalue weighted by atomic mass is 16.2. The lowest BCUT2D eigenvalue weighted by atomic mass is 9.86. The molecule has 0 aromatic heterocycles. The quantitative estimate of drug-likeness (QED) is 0.619. The highest BCUT2D eigenvalue weighted by molar-refractivity contribution is 5.97. The van der Waals surface area contributed by atoms with Crippen molar-refractivity contribution in [1.29, 1.82) is 0 Å². The van der Waals surface area contributed by atoms with Gasteiger partial charge in [0.15, 0.2) is 0 Å². The number of hydrogen-bond donors (Lipinski definition) is 2. The second-order valence-corrected chi connectivity index (χ2v) is 9.86. The number of benzene rings is 1. The number of nitrogens with zero attached hydrogens (tertiary/aromatic N) is 1. The van der Waals surface area contributed by atoms with Gasteiger partial charge in [-0.1, -0.05) is 53.2 Å². The lowest BCUT2D eigenvalue weighted by Gasteiger charge is -2.23. The molecule has 1 aromatic rings. The summed E-state index contributed by atoms with van der Waals surface area (Å²) in [7, 11) is 0. The van der Waals surface area contributed by atoms with Gasteiger partial charge in [0, 0.05) is 31.6 Å². The van der Waals surface area contributed by atoms with Crippen molar-refractivity contribution in [3.8, 4) is 0 Å². The molecule has 1 aliphatic heterocycles. The predicted molar refractivity (Wildman–Crippen MR) is 124 cm³/mol. The molecule has 0 aliphatic carbocycles. The molecule has 0 spiro atoms. The van der Waals surface area contributed by atoms with Crippen LogP contribution in [0.5, 0.6) is 0 Å². The summed E-state index contributed by atoms with van der Waals surface area (Å²) in [6.07, 6.45) is 4.47. The van der Waals surface area contributed by atoms with Crippen molar-refractivity contribution in [1.82, 2.24) is 15.5 Å². The van der Waals surface area contributed by atoms with Gasteiger partial charge < -0.3 is 15.5 Å². The van der Waals surface area contributed by atoms with Gasteiger partial charge in [-0.15, -0.1) is 0 Å². The first kappa shape index (κ1) is 24.9. The predicted octanol–water partition coefficient (Wildman–Crippen LogP) is 3.65. The van der Waals surface area contributed by atoms with Crippen LogP contribution in [-0.4, -0.2) is 48.3 Å². The van der Waals surface area contributed by atoms with Gasteiger partial charge >= 0.3 is 0 Å². The lowest BCUT2D eigenvalue weighted by Crippen LogP contribution is -2.50. The molecule has 0 radical (unpaired) electrons. The highest BCUT2D eigenvalue weighted by Crippen LogP contribution is 2.22. The number of hydrogen-bond acceptors (Lipinski definition) is 3. The molecule has 1 heterocycles. The molecule has 1 atom stereocenters. The first-order valence-electron chi connectivity index (χ1n) is 11.6. The van der Waals surface area contributed by atoms with Crippen LogP contribution in [0.25, 0.3) is 0 Å². The minimum absolute atomic E-state index is 0.0211. The van der Waals surface area contributed by atoms with Gasteiger partial charge in [-0.25, -0.2) is 0 Å². The van der Waals surface area contributed by atoms with Crippen LogP contribution in [0.2, 0.25) is 0 Å². The zero-order chi connectivity index (χ0) is 23.0. The van der Waals surface area contributed by atoms with E-state index < -0.39 is 6.04 Å². The first-order chi connectivity index (χ1) is 14.6. The Hall–Kier alpha value is -2.37. The fourth-order valence-electron chi connectivity index (χ4n) is 3.75. The molecule has 1 saturated heterocycles. The van der Waals surface area contributed by atoms with Crippen LogP contribution < -0.4 is 10.6 Å². The summed E-state index contributed by atoms with van der Waals surface area (Å²) in [5.41, 5.74) is 1.73. The van der Waals surface area contributed by atoms with Crippen molar-refractivity contribution in [2.75, 3.05) is 19.6 Å². The Morgan fingerprint density at radius 3 is 2.35 bits per heavy atom. The molecule has 3 amide bonds. The van der Waals surface area contributed by atoms with Gasteiger partial charge in [-0.2, -0.15) is 0 Å².